The van der Waals surface area contributed by atoms with Crippen molar-refractivity contribution >= 4 is 0 Å². The number of rotatable bonds is 6. The van der Waals surface area contributed by atoms with Gasteiger partial charge in [-0.05, 0) is 20.8 Å². The third-order valence-corrected chi connectivity index (χ3v) is 1.46. The van der Waals surface area contributed by atoms with Crippen molar-refractivity contribution in [2.75, 3.05) is 13.2 Å². The van der Waals surface area contributed by atoms with Crippen LogP contribution in [0.2, 0.25) is 0 Å². The van der Waals surface area contributed by atoms with E-state index in [2.05, 4.69) is 11.8 Å². The van der Waals surface area contributed by atoms with Gasteiger partial charge >= 0.3 is 0 Å². The highest BCUT2D eigenvalue weighted by Crippen LogP contribution is 2.05. The average molecular weight is 186 g/mol. The molecule has 3 heteroatoms. The van der Waals surface area contributed by atoms with Crippen LogP contribution in [-0.2, 0) is 9.47 Å². The van der Waals surface area contributed by atoms with Crippen LogP contribution < -0.4 is 0 Å². The number of aliphatic hydroxyl groups is 1. The van der Waals surface area contributed by atoms with Gasteiger partial charge in [0.1, 0.15) is 6.10 Å². The molecule has 0 heterocycles. The van der Waals surface area contributed by atoms with Crippen LogP contribution in [0.1, 0.15) is 27.2 Å². The van der Waals surface area contributed by atoms with Gasteiger partial charge in [0.05, 0.1) is 0 Å². The van der Waals surface area contributed by atoms with Crippen LogP contribution >= 0.6 is 0 Å². The SMILES string of the molecule is CC#CCC(O)C(OCC)OCC. The Bertz CT molecular complexity index is 163. The predicted molar refractivity (Wildman–Crippen MR) is 51.1 cm³/mol. The van der Waals surface area contributed by atoms with Gasteiger partial charge in [-0.3, -0.25) is 0 Å². The maximum absolute atomic E-state index is 9.55. The second kappa shape index (κ2) is 8.06. The highest BCUT2D eigenvalue weighted by Gasteiger charge is 2.18. The second-order valence-electron chi connectivity index (χ2n) is 2.48. The first kappa shape index (κ1) is 12.4. The van der Waals surface area contributed by atoms with Crippen molar-refractivity contribution in [2.45, 2.75) is 39.6 Å². The summed E-state index contributed by atoms with van der Waals surface area (Å²) in [7, 11) is 0. The molecule has 0 aromatic rings. The maximum Gasteiger partial charge on any atom is 0.184 e. The van der Waals surface area contributed by atoms with Gasteiger partial charge in [0.2, 0.25) is 0 Å². The Balaban J connectivity index is 3.91. The minimum Gasteiger partial charge on any atom is -0.387 e. The largest absolute Gasteiger partial charge is 0.387 e. The molecule has 76 valence electrons. The van der Waals surface area contributed by atoms with E-state index in [9.17, 15) is 5.11 Å². The molecule has 0 fully saturated rings. The van der Waals surface area contributed by atoms with Crippen molar-refractivity contribution in [3.63, 3.8) is 0 Å². The molecule has 0 saturated carbocycles. The fourth-order valence-corrected chi connectivity index (χ4v) is 0.902. The topological polar surface area (TPSA) is 38.7 Å². The minimum absolute atomic E-state index is 0.390. The lowest BCUT2D eigenvalue weighted by atomic mass is 10.2. The molecule has 1 atom stereocenters. The van der Waals surface area contributed by atoms with Crippen molar-refractivity contribution < 1.29 is 14.6 Å². The van der Waals surface area contributed by atoms with Crippen molar-refractivity contribution in [1.29, 1.82) is 0 Å². The lowest BCUT2D eigenvalue weighted by Gasteiger charge is -2.20. The standard InChI is InChI=1S/C10H18O3/c1-4-7-8-9(11)10(12-5-2)13-6-3/h9-11H,5-6,8H2,1-3H3. The quantitative estimate of drug-likeness (QED) is 0.499. The van der Waals surface area contributed by atoms with Crippen LogP contribution in [0.3, 0.4) is 0 Å². The van der Waals surface area contributed by atoms with E-state index < -0.39 is 12.4 Å². The van der Waals surface area contributed by atoms with E-state index in [-0.39, 0.29) is 0 Å². The highest BCUT2D eigenvalue weighted by atomic mass is 16.7. The molecule has 0 radical (unpaired) electrons. The number of ether oxygens (including phenoxy) is 2. The lowest BCUT2D eigenvalue weighted by molar-refractivity contribution is -0.187. The fraction of sp³-hybridized carbons (Fsp3) is 0.800. The molecule has 1 unspecified atom stereocenters. The summed E-state index contributed by atoms with van der Waals surface area (Å²) in [6.45, 7) is 6.53. The summed E-state index contributed by atoms with van der Waals surface area (Å²) in [5.74, 6) is 5.50. The highest BCUT2D eigenvalue weighted by molar-refractivity contribution is 4.97. The van der Waals surface area contributed by atoms with Crippen molar-refractivity contribution in [3.8, 4) is 11.8 Å². The Kier molecular flexibility index (Phi) is 7.71. The molecule has 0 spiro atoms. The molecule has 13 heavy (non-hydrogen) atoms. The summed E-state index contributed by atoms with van der Waals surface area (Å²) in [6.07, 6.45) is -0.815. The second-order valence-corrected chi connectivity index (χ2v) is 2.48. The van der Waals surface area contributed by atoms with Gasteiger partial charge in [0, 0.05) is 19.6 Å². The first-order valence-electron chi connectivity index (χ1n) is 4.57. The molecule has 0 aliphatic rings. The van der Waals surface area contributed by atoms with Crippen LogP contribution in [0.4, 0.5) is 0 Å². The predicted octanol–water partition coefficient (Wildman–Crippen LogP) is 1.16. The van der Waals surface area contributed by atoms with Gasteiger partial charge in [0.25, 0.3) is 0 Å². The van der Waals surface area contributed by atoms with E-state index in [4.69, 9.17) is 9.47 Å². The van der Waals surface area contributed by atoms with E-state index in [0.29, 0.717) is 19.6 Å². The van der Waals surface area contributed by atoms with Gasteiger partial charge < -0.3 is 14.6 Å². The van der Waals surface area contributed by atoms with E-state index in [1.165, 1.54) is 0 Å². The number of hydrogen-bond acceptors (Lipinski definition) is 3. The summed E-state index contributed by atoms with van der Waals surface area (Å²) in [5, 5.41) is 9.55. The van der Waals surface area contributed by atoms with Gasteiger partial charge in [-0.1, -0.05) is 0 Å². The monoisotopic (exact) mass is 186 g/mol. The first-order chi connectivity index (χ1) is 6.26. The Morgan fingerprint density at radius 1 is 1.23 bits per heavy atom. The molecule has 0 aromatic carbocycles. The van der Waals surface area contributed by atoms with Crippen molar-refractivity contribution in [1.82, 2.24) is 0 Å². The van der Waals surface area contributed by atoms with Gasteiger partial charge in [0.15, 0.2) is 6.29 Å². The zero-order chi connectivity index (χ0) is 10.1. The molecule has 0 rings (SSSR count). The molecule has 0 saturated heterocycles. The molecule has 0 aliphatic heterocycles. The molecular formula is C10H18O3. The van der Waals surface area contributed by atoms with E-state index in [0.717, 1.165) is 0 Å². The van der Waals surface area contributed by atoms with Crippen molar-refractivity contribution in [2.24, 2.45) is 0 Å². The van der Waals surface area contributed by atoms with Crippen molar-refractivity contribution in [3.05, 3.63) is 0 Å². The van der Waals surface area contributed by atoms with Gasteiger partial charge in [-0.2, -0.15) is 0 Å². The molecular weight excluding hydrogens is 168 g/mol. The Hall–Kier alpha value is -0.560. The first-order valence-corrected chi connectivity index (χ1v) is 4.57. The summed E-state index contributed by atoms with van der Waals surface area (Å²) in [5.41, 5.74) is 0. The molecule has 0 amide bonds. The zero-order valence-corrected chi connectivity index (χ0v) is 8.54. The average Bonchev–Trinajstić information content (AvgIpc) is 2.14. The fourth-order valence-electron chi connectivity index (χ4n) is 0.902. The normalized spacial score (nSPS) is 12.4. The Morgan fingerprint density at radius 2 is 1.77 bits per heavy atom. The van der Waals surface area contributed by atoms with Crippen LogP contribution in [-0.4, -0.2) is 30.7 Å². The third kappa shape index (κ3) is 5.64. The third-order valence-electron chi connectivity index (χ3n) is 1.46. The van der Waals surface area contributed by atoms with Gasteiger partial charge in [-0.25, -0.2) is 0 Å². The van der Waals surface area contributed by atoms with Crippen LogP contribution in [0.15, 0.2) is 0 Å². The molecule has 3 nitrogen and oxygen atoms in total. The van der Waals surface area contributed by atoms with Crippen LogP contribution in [0.5, 0.6) is 0 Å². The minimum atomic E-state index is -0.660. The van der Waals surface area contributed by atoms with Crippen LogP contribution in [0.25, 0.3) is 0 Å². The van der Waals surface area contributed by atoms with Crippen LogP contribution in [0, 0.1) is 11.8 Å². The smallest absolute Gasteiger partial charge is 0.184 e. The van der Waals surface area contributed by atoms with Gasteiger partial charge in [-0.15, -0.1) is 11.8 Å². The summed E-state index contributed by atoms with van der Waals surface area (Å²) < 4.78 is 10.4. The zero-order valence-electron chi connectivity index (χ0n) is 8.54. The lowest BCUT2D eigenvalue weighted by Crippen LogP contribution is -2.31. The Morgan fingerprint density at radius 3 is 2.15 bits per heavy atom. The summed E-state index contributed by atoms with van der Waals surface area (Å²) in [4.78, 5) is 0. The van der Waals surface area contributed by atoms with E-state index in [1.807, 2.05) is 13.8 Å². The summed E-state index contributed by atoms with van der Waals surface area (Å²) >= 11 is 0. The summed E-state index contributed by atoms with van der Waals surface area (Å²) in [6, 6.07) is 0. The maximum atomic E-state index is 9.55. The molecule has 0 aliphatic carbocycles. The molecule has 1 N–H and O–H groups in total. The van der Waals surface area contributed by atoms with E-state index >= 15 is 0 Å². The Labute approximate surface area is 80.0 Å². The number of aliphatic hydroxyl groups excluding tert-OH is 1. The molecule has 0 bridgehead atoms. The van der Waals surface area contributed by atoms with E-state index in [1.54, 1.807) is 6.92 Å². The molecule has 0 aromatic heterocycles. The number of hydrogen-bond donors (Lipinski definition) is 1.